The highest BCUT2D eigenvalue weighted by atomic mass is 15.2. The van der Waals surface area contributed by atoms with Gasteiger partial charge in [0.1, 0.15) is 11.9 Å². The Morgan fingerprint density at radius 3 is 2.62 bits per heavy atom. The molecule has 0 radical (unpaired) electrons. The van der Waals surface area contributed by atoms with Crippen molar-refractivity contribution in [2.24, 2.45) is 0 Å². The number of nitrogens with two attached hydrogens (primary N) is 1. The van der Waals surface area contributed by atoms with Gasteiger partial charge in [0.15, 0.2) is 5.82 Å². The lowest BCUT2D eigenvalue weighted by Crippen LogP contribution is -1.99. The highest BCUT2D eigenvalue weighted by Gasteiger charge is 2.01. The van der Waals surface area contributed by atoms with Crippen LogP contribution in [0.25, 0.3) is 0 Å². The molecule has 0 aliphatic heterocycles. The zero-order valence-corrected chi connectivity index (χ0v) is 8.38. The van der Waals surface area contributed by atoms with Gasteiger partial charge in [-0.15, -0.1) is 10.2 Å². The van der Waals surface area contributed by atoms with Crippen LogP contribution in [0.3, 0.4) is 0 Å². The molecule has 3 N–H and O–H groups in total. The topological polar surface area (TPSA) is 87.6 Å². The smallest absolute Gasteiger partial charge is 0.153 e. The average Bonchev–Trinajstić information content (AvgIpc) is 2.33. The SMILES string of the molecule is N#Cc1ccccc1Nc1ccc(N)nn1. The predicted molar refractivity (Wildman–Crippen MR) is 60.9 cm³/mol. The molecule has 0 atom stereocenters. The Hall–Kier alpha value is -2.61. The first kappa shape index (κ1) is 9.93. The molecule has 0 saturated heterocycles. The van der Waals surface area contributed by atoms with E-state index >= 15 is 0 Å². The van der Waals surface area contributed by atoms with E-state index in [0.29, 0.717) is 22.9 Å². The van der Waals surface area contributed by atoms with Crippen molar-refractivity contribution in [1.82, 2.24) is 10.2 Å². The van der Waals surface area contributed by atoms with E-state index in [1.165, 1.54) is 0 Å². The van der Waals surface area contributed by atoms with Gasteiger partial charge < -0.3 is 11.1 Å². The van der Waals surface area contributed by atoms with Crippen molar-refractivity contribution in [2.75, 3.05) is 11.1 Å². The maximum absolute atomic E-state index is 8.89. The largest absolute Gasteiger partial charge is 0.382 e. The summed E-state index contributed by atoms with van der Waals surface area (Å²) in [6.45, 7) is 0. The zero-order chi connectivity index (χ0) is 11.4. The van der Waals surface area contributed by atoms with E-state index in [-0.39, 0.29) is 0 Å². The summed E-state index contributed by atoms with van der Waals surface area (Å²) < 4.78 is 0. The van der Waals surface area contributed by atoms with Gasteiger partial charge in [0.25, 0.3) is 0 Å². The molecule has 0 aliphatic rings. The van der Waals surface area contributed by atoms with E-state index in [1.54, 1.807) is 30.3 Å². The van der Waals surface area contributed by atoms with Crippen LogP contribution in [0.1, 0.15) is 5.56 Å². The van der Waals surface area contributed by atoms with Crippen molar-refractivity contribution in [1.29, 1.82) is 5.26 Å². The van der Waals surface area contributed by atoms with Crippen molar-refractivity contribution in [3.05, 3.63) is 42.0 Å². The fraction of sp³-hybridized carbons (Fsp3) is 0. The molecule has 5 nitrogen and oxygen atoms in total. The van der Waals surface area contributed by atoms with Gasteiger partial charge in [-0.05, 0) is 24.3 Å². The lowest BCUT2D eigenvalue weighted by molar-refractivity contribution is 1.05. The first-order chi connectivity index (χ1) is 7.79. The van der Waals surface area contributed by atoms with Gasteiger partial charge in [0.05, 0.1) is 11.3 Å². The number of nitrogens with one attached hydrogen (secondary N) is 1. The number of nitrogens with zero attached hydrogens (tertiary/aromatic N) is 3. The molecule has 78 valence electrons. The van der Waals surface area contributed by atoms with E-state index in [2.05, 4.69) is 21.6 Å². The number of benzene rings is 1. The second-order valence-corrected chi connectivity index (χ2v) is 3.13. The van der Waals surface area contributed by atoms with E-state index in [9.17, 15) is 0 Å². The third kappa shape index (κ3) is 2.07. The monoisotopic (exact) mass is 211 g/mol. The van der Waals surface area contributed by atoms with Crippen LogP contribution >= 0.6 is 0 Å². The summed E-state index contributed by atoms with van der Waals surface area (Å²) >= 11 is 0. The van der Waals surface area contributed by atoms with Gasteiger partial charge in [-0.1, -0.05) is 12.1 Å². The molecule has 0 aliphatic carbocycles. The van der Waals surface area contributed by atoms with Crippen molar-refractivity contribution in [3.8, 4) is 6.07 Å². The summed E-state index contributed by atoms with van der Waals surface area (Å²) in [7, 11) is 0. The fourth-order valence-electron chi connectivity index (χ4n) is 1.24. The van der Waals surface area contributed by atoms with Crippen LogP contribution < -0.4 is 11.1 Å². The lowest BCUT2D eigenvalue weighted by atomic mass is 10.2. The molecule has 0 bridgehead atoms. The number of hydrogen-bond acceptors (Lipinski definition) is 5. The summed E-state index contributed by atoms with van der Waals surface area (Å²) in [5.74, 6) is 0.913. The van der Waals surface area contributed by atoms with E-state index in [1.807, 2.05) is 6.07 Å². The van der Waals surface area contributed by atoms with E-state index in [4.69, 9.17) is 11.0 Å². The van der Waals surface area contributed by atoms with Gasteiger partial charge in [-0.25, -0.2) is 0 Å². The number of anilines is 3. The number of nitrogen functional groups attached to an aromatic ring is 1. The number of para-hydroxylation sites is 1. The first-order valence-electron chi connectivity index (χ1n) is 4.65. The molecule has 1 aromatic carbocycles. The zero-order valence-electron chi connectivity index (χ0n) is 8.38. The Bertz CT molecular complexity index is 527. The van der Waals surface area contributed by atoms with Crippen LogP contribution in [0, 0.1) is 11.3 Å². The summed E-state index contributed by atoms with van der Waals surface area (Å²) in [5, 5.41) is 19.5. The molecule has 0 spiro atoms. The maximum atomic E-state index is 8.89. The second-order valence-electron chi connectivity index (χ2n) is 3.13. The molecule has 1 heterocycles. The molecule has 2 aromatic rings. The average molecular weight is 211 g/mol. The van der Waals surface area contributed by atoms with Crippen molar-refractivity contribution in [2.45, 2.75) is 0 Å². The minimum absolute atomic E-state index is 0.360. The number of rotatable bonds is 2. The molecular formula is C11H9N5. The lowest BCUT2D eigenvalue weighted by Gasteiger charge is -2.05. The Morgan fingerprint density at radius 1 is 1.12 bits per heavy atom. The molecule has 5 heteroatoms. The second kappa shape index (κ2) is 4.28. The first-order valence-corrected chi connectivity index (χ1v) is 4.65. The third-order valence-corrected chi connectivity index (χ3v) is 2.00. The maximum Gasteiger partial charge on any atom is 0.153 e. The Balaban J connectivity index is 2.27. The number of aromatic nitrogens is 2. The molecule has 0 fully saturated rings. The standard InChI is InChI=1S/C11H9N5/c12-7-8-3-1-2-4-9(8)14-11-6-5-10(13)15-16-11/h1-6H,(H2,13,15)(H,14,16). The van der Waals surface area contributed by atoms with Crippen molar-refractivity contribution >= 4 is 17.3 Å². The van der Waals surface area contributed by atoms with Crippen LogP contribution in [0.2, 0.25) is 0 Å². The Kier molecular flexibility index (Phi) is 2.65. The van der Waals surface area contributed by atoms with Crippen molar-refractivity contribution in [3.63, 3.8) is 0 Å². The van der Waals surface area contributed by atoms with Crippen LogP contribution in [-0.4, -0.2) is 10.2 Å². The Labute approximate surface area is 92.5 Å². The molecule has 0 amide bonds. The predicted octanol–water partition coefficient (Wildman–Crippen LogP) is 1.67. The molecule has 2 rings (SSSR count). The van der Waals surface area contributed by atoms with Gasteiger partial charge >= 0.3 is 0 Å². The molecule has 0 saturated carbocycles. The van der Waals surface area contributed by atoms with E-state index < -0.39 is 0 Å². The minimum Gasteiger partial charge on any atom is -0.382 e. The number of nitriles is 1. The highest BCUT2D eigenvalue weighted by molar-refractivity contribution is 5.64. The molecule has 0 unspecified atom stereocenters. The summed E-state index contributed by atoms with van der Waals surface area (Å²) in [6, 6.07) is 12.6. The van der Waals surface area contributed by atoms with Crippen LogP contribution in [0.15, 0.2) is 36.4 Å². The molecule has 16 heavy (non-hydrogen) atoms. The minimum atomic E-state index is 0.360. The van der Waals surface area contributed by atoms with Crippen LogP contribution in [0.5, 0.6) is 0 Å². The summed E-state index contributed by atoms with van der Waals surface area (Å²) in [6.07, 6.45) is 0. The Morgan fingerprint density at radius 2 is 1.94 bits per heavy atom. The molecular weight excluding hydrogens is 202 g/mol. The third-order valence-electron chi connectivity index (χ3n) is 2.00. The highest BCUT2D eigenvalue weighted by Crippen LogP contribution is 2.18. The number of hydrogen-bond donors (Lipinski definition) is 2. The van der Waals surface area contributed by atoms with Crippen LogP contribution in [-0.2, 0) is 0 Å². The molecule has 1 aromatic heterocycles. The van der Waals surface area contributed by atoms with Crippen molar-refractivity contribution < 1.29 is 0 Å². The van der Waals surface area contributed by atoms with Crippen LogP contribution in [0.4, 0.5) is 17.3 Å². The van der Waals surface area contributed by atoms with Gasteiger partial charge in [0, 0.05) is 0 Å². The van der Waals surface area contributed by atoms with E-state index in [0.717, 1.165) is 0 Å². The van der Waals surface area contributed by atoms with Gasteiger partial charge in [-0.2, -0.15) is 5.26 Å². The fourth-order valence-corrected chi connectivity index (χ4v) is 1.24. The quantitative estimate of drug-likeness (QED) is 0.788. The summed E-state index contributed by atoms with van der Waals surface area (Å²) in [5.41, 5.74) is 6.68. The normalized spacial score (nSPS) is 9.44. The summed E-state index contributed by atoms with van der Waals surface area (Å²) in [4.78, 5) is 0. The van der Waals surface area contributed by atoms with Gasteiger partial charge in [0.2, 0.25) is 0 Å². The van der Waals surface area contributed by atoms with Gasteiger partial charge in [-0.3, -0.25) is 0 Å².